The second-order valence-electron chi connectivity index (χ2n) is 4.95. The Morgan fingerprint density at radius 1 is 0.960 bits per heavy atom. The van der Waals surface area contributed by atoms with Crippen molar-refractivity contribution < 1.29 is 27.8 Å². The van der Waals surface area contributed by atoms with Gasteiger partial charge in [0.1, 0.15) is 0 Å². The number of benzene rings is 2. The Hall–Kier alpha value is -3.16. The summed E-state index contributed by atoms with van der Waals surface area (Å²) in [6.07, 6.45) is -1.05. The first-order valence-electron chi connectivity index (χ1n) is 7.34. The molecule has 0 spiro atoms. The van der Waals surface area contributed by atoms with E-state index in [1.807, 2.05) is 0 Å². The van der Waals surface area contributed by atoms with Crippen LogP contribution < -0.4 is 20.3 Å². The van der Waals surface area contributed by atoms with Gasteiger partial charge in [-0.1, -0.05) is 24.3 Å². The Morgan fingerprint density at radius 3 is 2.12 bits per heavy atom. The van der Waals surface area contributed by atoms with Crippen molar-refractivity contribution in [1.82, 2.24) is 10.9 Å². The number of hydrogen-bond donors (Lipinski definition) is 2. The van der Waals surface area contributed by atoms with Crippen LogP contribution in [0.5, 0.6) is 11.5 Å². The molecule has 0 bridgehead atoms. The fourth-order valence-electron chi connectivity index (χ4n) is 1.76. The van der Waals surface area contributed by atoms with E-state index in [0.29, 0.717) is 0 Å². The van der Waals surface area contributed by atoms with Crippen LogP contribution in [0.1, 0.15) is 6.92 Å². The van der Waals surface area contributed by atoms with E-state index in [0.717, 1.165) is 0 Å². The molecule has 2 rings (SSSR count). The number of nitrogens with one attached hydrogen (secondary N) is 2. The molecular weight excluding hydrogens is 334 g/mol. The molecule has 0 fully saturated rings. The Balaban J connectivity index is 1.76. The summed E-state index contributed by atoms with van der Waals surface area (Å²) < 4.78 is 36.9. The molecule has 2 N–H and O–H groups in total. The zero-order chi connectivity index (χ0) is 18.2. The molecule has 0 aliphatic rings. The van der Waals surface area contributed by atoms with Crippen molar-refractivity contribution >= 4 is 11.8 Å². The number of carbonyl (C=O) groups is 2. The van der Waals surface area contributed by atoms with Crippen molar-refractivity contribution in [1.29, 1.82) is 0 Å². The molecule has 0 heterocycles. The number of amides is 2. The number of hydrogen-bond acceptors (Lipinski definition) is 4. The van der Waals surface area contributed by atoms with Crippen molar-refractivity contribution in [2.45, 2.75) is 13.0 Å². The smallest absolute Gasteiger partial charge is 0.279 e. The van der Waals surface area contributed by atoms with Crippen LogP contribution >= 0.6 is 0 Å². The van der Waals surface area contributed by atoms with Crippen LogP contribution in [-0.2, 0) is 9.59 Å². The van der Waals surface area contributed by atoms with Gasteiger partial charge in [-0.15, -0.1) is 0 Å². The van der Waals surface area contributed by atoms with Gasteiger partial charge < -0.3 is 9.47 Å². The van der Waals surface area contributed by atoms with Crippen molar-refractivity contribution in [3.8, 4) is 11.5 Å². The maximum absolute atomic E-state index is 13.4. The summed E-state index contributed by atoms with van der Waals surface area (Å²) in [6.45, 7) is 0.896. The minimum atomic E-state index is -1.05. The van der Waals surface area contributed by atoms with E-state index in [2.05, 4.69) is 10.9 Å². The third-order valence-electron chi connectivity index (χ3n) is 3.03. The predicted octanol–water partition coefficient (Wildman–Crippen LogP) is 1.96. The van der Waals surface area contributed by atoms with Crippen molar-refractivity contribution in [2.24, 2.45) is 0 Å². The lowest BCUT2D eigenvalue weighted by Gasteiger charge is -2.15. The van der Waals surface area contributed by atoms with E-state index in [1.165, 1.54) is 43.3 Å². The van der Waals surface area contributed by atoms with Crippen molar-refractivity contribution in [3.05, 3.63) is 60.2 Å². The molecule has 2 aromatic carbocycles. The van der Waals surface area contributed by atoms with Gasteiger partial charge in [-0.2, -0.15) is 0 Å². The average molecular weight is 350 g/mol. The Bertz CT molecular complexity index is 755. The third-order valence-corrected chi connectivity index (χ3v) is 3.03. The summed E-state index contributed by atoms with van der Waals surface area (Å²) in [5.41, 5.74) is 4.21. The van der Waals surface area contributed by atoms with E-state index in [4.69, 9.17) is 9.47 Å². The SMILES string of the molecule is C[C@H](Oc1ccccc1F)C(=O)NNC(=O)COc1ccccc1F. The van der Waals surface area contributed by atoms with E-state index in [9.17, 15) is 18.4 Å². The number of rotatable bonds is 6. The van der Waals surface area contributed by atoms with E-state index >= 15 is 0 Å². The molecule has 0 unspecified atom stereocenters. The van der Waals surface area contributed by atoms with Crippen LogP contribution in [0.15, 0.2) is 48.5 Å². The standard InChI is InChI=1S/C17H16F2N2O4/c1-11(25-15-9-5-3-7-13(15)19)17(23)21-20-16(22)10-24-14-8-4-2-6-12(14)18/h2-9,11H,10H2,1H3,(H,20,22)(H,21,23)/t11-/m0/s1. The first-order chi connectivity index (χ1) is 12.0. The molecule has 25 heavy (non-hydrogen) atoms. The Kier molecular flexibility index (Phi) is 6.27. The van der Waals surface area contributed by atoms with E-state index in [1.54, 1.807) is 12.1 Å². The largest absolute Gasteiger partial charge is 0.481 e. The molecule has 132 valence electrons. The van der Waals surface area contributed by atoms with E-state index in [-0.39, 0.29) is 11.5 Å². The number of hydrazine groups is 1. The zero-order valence-electron chi connectivity index (χ0n) is 13.3. The van der Waals surface area contributed by atoms with Crippen molar-refractivity contribution in [2.75, 3.05) is 6.61 Å². The minimum Gasteiger partial charge on any atom is -0.481 e. The second-order valence-corrected chi connectivity index (χ2v) is 4.95. The fraction of sp³-hybridized carbons (Fsp3) is 0.176. The number of halogens is 2. The first-order valence-corrected chi connectivity index (χ1v) is 7.34. The number of carbonyl (C=O) groups excluding carboxylic acids is 2. The molecule has 8 heteroatoms. The Labute approximate surface area is 142 Å². The van der Waals surface area contributed by atoms with Crippen LogP contribution in [0.3, 0.4) is 0 Å². The van der Waals surface area contributed by atoms with Crippen LogP contribution in [0.2, 0.25) is 0 Å². The van der Waals surface area contributed by atoms with Gasteiger partial charge in [0.2, 0.25) is 0 Å². The highest BCUT2D eigenvalue weighted by Gasteiger charge is 2.17. The van der Waals surface area contributed by atoms with Gasteiger partial charge in [0, 0.05) is 0 Å². The lowest BCUT2D eigenvalue weighted by Crippen LogP contribution is -2.48. The predicted molar refractivity (Wildman–Crippen MR) is 84.7 cm³/mol. The van der Waals surface area contributed by atoms with Gasteiger partial charge in [0.25, 0.3) is 11.8 Å². The summed E-state index contributed by atoms with van der Waals surface area (Å²) in [7, 11) is 0. The van der Waals surface area contributed by atoms with E-state index < -0.39 is 36.2 Å². The molecule has 0 aromatic heterocycles. The monoisotopic (exact) mass is 350 g/mol. The normalized spacial score (nSPS) is 11.3. The third kappa shape index (κ3) is 5.45. The summed E-state index contributed by atoms with van der Waals surface area (Å²) in [5.74, 6) is -2.77. The van der Waals surface area contributed by atoms with Gasteiger partial charge in [-0.05, 0) is 31.2 Å². The van der Waals surface area contributed by atoms with Gasteiger partial charge in [-0.25, -0.2) is 8.78 Å². The summed E-state index contributed by atoms with van der Waals surface area (Å²) in [6, 6.07) is 11.2. The van der Waals surface area contributed by atoms with Gasteiger partial charge in [-0.3, -0.25) is 20.4 Å². The van der Waals surface area contributed by atoms with Crippen LogP contribution in [-0.4, -0.2) is 24.5 Å². The molecule has 0 radical (unpaired) electrons. The van der Waals surface area contributed by atoms with Gasteiger partial charge in [0.05, 0.1) is 0 Å². The molecule has 0 aliphatic heterocycles. The maximum atomic E-state index is 13.4. The molecule has 0 saturated carbocycles. The first kappa shape index (κ1) is 18.2. The second kappa shape index (κ2) is 8.62. The fourth-order valence-corrected chi connectivity index (χ4v) is 1.76. The minimum absolute atomic E-state index is 0.0831. The Morgan fingerprint density at radius 2 is 1.52 bits per heavy atom. The highest BCUT2D eigenvalue weighted by Crippen LogP contribution is 2.17. The summed E-state index contributed by atoms with van der Waals surface area (Å²) in [4.78, 5) is 23.4. The number of ether oxygens (including phenoxy) is 2. The number of para-hydroxylation sites is 2. The molecule has 0 saturated heterocycles. The molecule has 2 amide bonds. The highest BCUT2D eigenvalue weighted by atomic mass is 19.1. The van der Waals surface area contributed by atoms with Gasteiger partial charge in [0.15, 0.2) is 35.8 Å². The highest BCUT2D eigenvalue weighted by molar-refractivity contribution is 5.85. The maximum Gasteiger partial charge on any atom is 0.279 e. The molecule has 6 nitrogen and oxygen atoms in total. The summed E-state index contributed by atoms with van der Waals surface area (Å²) in [5, 5.41) is 0. The molecule has 1 atom stereocenters. The van der Waals surface area contributed by atoms with Crippen molar-refractivity contribution in [3.63, 3.8) is 0 Å². The van der Waals surface area contributed by atoms with Crippen LogP contribution in [0, 0.1) is 11.6 Å². The van der Waals surface area contributed by atoms with Crippen LogP contribution in [0.4, 0.5) is 8.78 Å². The lowest BCUT2D eigenvalue weighted by molar-refractivity contribution is -0.133. The van der Waals surface area contributed by atoms with Gasteiger partial charge >= 0.3 is 0 Å². The van der Waals surface area contributed by atoms with Crippen LogP contribution in [0.25, 0.3) is 0 Å². The lowest BCUT2D eigenvalue weighted by atomic mass is 10.3. The average Bonchev–Trinajstić information content (AvgIpc) is 2.60. The molecule has 0 aliphatic carbocycles. The summed E-state index contributed by atoms with van der Waals surface area (Å²) >= 11 is 0. The zero-order valence-corrected chi connectivity index (χ0v) is 13.3. The molecule has 2 aromatic rings. The topological polar surface area (TPSA) is 76.7 Å². The quantitative estimate of drug-likeness (QED) is 0.781. The molecular formula is C17H16F2N2O4.